The molecule has 1 aromatic heterocycles. The molecule has 0 saturated heterocycles. The summed E-state index contributed by atoms with van der Waals surface area (Å²) in [5, 5.41) is 0. The third-order valence-electron chi connectivity index (χ3n) is 1.66. The molecule has 1 rings (SSSR count). The Balaban J connectivity index is 2.86. The minimum Gasteiger partial charge on any atom is -0.334 e. The quantitative estimate of drug-likeness (QED) is 0.749. The predicted molar refractivity (Wildman–Crippen MR) is 40.8 cm³/mol. The molecule has 0 aliphatic carbocycles. The van der Waals surface area contributed by atoms with E-state index in [2.05, 4.69) is 4.98 Å². The number of rotatable bonds is 3. The third-order valence-corrected chi connectivity index (χ3v) is 1.66. The normalized spacial score (nSPS) is 13.8. The van der Waals surface area contributed by atoms with Gasteiger partial charge in [-0.3, -0.25) is 0 Å². The summed E-state index contributed by atoms with van der Waals surface area (Å²) in [5.41, 5.74) is 5.23. The average Bonchev–Trinajstić information content (AvgIpc) is 2.49. The molecule has 5 heteroatoms. The van der Waals surface area contributed by atoms with Gasteiger partial charge in [0.1, 0.15) is 11.9 Å². The molecule has 0 aromatic carbocycles. The summed E-state index contributed by atoms with van der Waals surface area (Å²) >= 11 is 0. The highest BCUT2D eigenvalue weighted by molar-refractivity contribution is 4.99. The van der Waals surface area contributed by atoms with Crippen LogP contribution in [0.2, 0.25) is 0 Å². The Kier molecular flexibility index (Phi) is 2.75. The van der Waals surface area contributed by atoms with Gasteiger partial charge in [0.25, 0.3) is 6.43 Å². The standard InChI is InChI=1S/C7H11F2N3/c1-2-12-4-3-11-7(12)5(10)6(8)9/h3-6H,2,10H2,1H3. The smallest absolute Gasteiger partial charge is 0.260 e. The van der Waals surface area contributed by atoms with E-state index < -0.39 is 12.5 Å². The van der Waals surface area contributed by atoms with Crippen LogP contribution in [0, 0.1) is 0 Å². The molecular weight excluding hydrogens is 164 g/mol. The maximum Gasteiger partial charge on any atom is 0.260 e. The minimum atomic E-state index is -2.56. The first-order chi connectivity index (χ1) is 5.66. The van der Waals surface area contributed by atoms with Gasteiger partial charge in [0.15, 0.2) is 0 Å². The molecule has 1 atom stereocenters. The van der Waals surface area contributed by atoms with Gasteiger partial charge in [-0.1, -0.05) is 0 Å². The summed E-state index contributed by atoms with van der Waals surface area (Å²) in [4.78, 5) is 3.77. The second-order valence-electron chi connectivity index (χ2n) is 2.43. The highest BCUT2D eigenvalue weighted by Crippen LogP contribution is 2.15. The molecule has 68 valence electrons. The molecule has 1 aromatic rings. The van der Waals surface area contributed by atoms with Gasteiger partial charge in [0.05, 0.1) is 0 Å². The van der Waals surface area contributed by atoms with Crippen LogP contribution in [0.3, 0.4) is 0 Å². The Labute approximate surface area is 69.2 Å². The van der Waals surface area contributed by atoms with E-state index >= 15 is 0 Å². The lowest BCUT2D eigenvalue weighted by molar-refractivity contribution is 0.111. The molecule has 0 spiro atoms. The van der Waals surface area contributed by atoms with Crippen LogP contribution >= 0.6 is 0 Å². The molecule has 1 heterocycles. The number of imidazole rings is 1. The molecule has 0 amide bonds. The third kappa shape index (κ3) is 1.61. The van der Waals surface area contributed by atoms with Gasteiger partial charge in [-0.25, -0.2) is 13.8 Å². The molecule has 0 radical (unpaired) electrons. The van der Waals surface area contributed by atoms with Gasteiger partial charge >= 0.3 is 0 Å². The van der Waals surface area contributed by atoms with Crippen LogP contribution in [0.4, 0.5) is 8.78 Å². The first-order valence-corrected chi connectivity index (χ1v) is 3.71. The zero-order chi connectivity index (χ0) is 9.14. The lowest BCUT2D eigenvalue weighted by Crippen LogP contribution is -2.23. The number of aromatic nitrogens is 2. The summed E-state index contributed by atoms with van der Waals surface area (Å²) in [5.74, 6) is 0.243. The Hall–Kier alpha value is -0.970. The van der Waals surface area contributed by atoms with Crippen molar-refractivity contribution in [2.75, 3.05) is 0 Å². The number of nitrogens with two attached hydrogens (primary N) is 1. The molecule has 1 unspecified atom stereocenters. The van der Waals surface area contributed by atoms with Crippen molar-refractivity contribution in [2.24, 2.45) is 5.73 Å². The first kappa shape index (κ1) is 9.12. The van der Waals surface area contributed by atoms with Gasteiger partial charge in [-0.2, -0.15) is 0 Å². The van der Waals surface area contributed by atoms with E-state index in [1.165, 1.54) is 6.20 Å². The Bertz CT molecular complexity index is 247. The maximum atomic E-state index is 12.1. The van der Waals surface area contributed by atoms with Gasteiger partial charge < -0.3 is 10.3 Å². The molecule has 0 bridgehead atoms. The van der Waals surface area contributed by atoms with Crippen LogP contribution < -0.4 is 5.73 Å². The van der Waals surface area contributed by atoms with E-state index in [0.29, 0.717) is 6.54 Å². The zero-order valence-electron chi connectivity index (χ0n) is 6.74. The molecular formula is C7H11F2N3. The molecule has 0 fully saturated rings. The van der Waals surface area contributed by atoms with Crippen LogP contribution in [0.25, 0.3) is 0 Å². The fourth-order valence-corrected chi connectivity index (χ4v) is 0.998. The van der Waals surface area contributed by atoms with Crippen molar-refractivity contribution < 1.29 is 8.78 Å². The Morgan fingerprint density at radius 1 is 1.67 bits per heavy atom. The summed E-state index contributed by atoms with van der Waals surface area (Å²) in [6.07, 6.45) is 0.552. The van der Waals surface area contributed by atoms with E-state index in [1.54, 1.807) is 10.8 Å². The minimum absolute atomic E-state index is 0.243. The fourth-order valence-electron chi connectivity index (χ4n) is 0.998. The van der Waals surface area contributed by atoms with E-state index in [0.717, 1.165) is 0 Å². The molecule has 0 aliphatic heterocycles. The highest BCUT2D eigenvalue weighted by Gasteiger charge is 2.21. The molecule has 2 N–H and O–H groups in total. The van der Waals surface area contributed by atoms with Gasteiger partial charge in [0.2, 0.25) is 0 Å². The first-order valence-electron chi connectivity index (χ1n) is 3.71. The lowest BCUT2D eigenvalue weighted by atomic mass is 10.3. The summed E-state index contributed by atoms with van der Waals surface area (Å²) in [7, 11) is 0. The highest BCUT2D eigenvalue weighted by atomic mass is 19.3. The number of nitrogens with zero attached hydrogens (tertiary/aromatic N) is 2. The van der Waals surface area contributed by atoms with Crippen LogP contribution in [-0.2, 0) is 6.54 Å². The topological polar surface area (TPSA) is 43.8 Å². The molecule has 3 nitrogen and oxygen atoms in total. The average molecular weight is 175 g/mol. The number of hydrogen-bond acceptors (Lipinski definition) is 2. The molecule has 0 aliphatic rings. The number of hydrogen-bond donors (Lipinski definition) is 1. The maximum absolute atomic E-state index is 12.1. The van der Waals surface area contributed by atoms with Crippen LogP contribution in [0.1, 0.15) is 18.8 Å². The number of alkyl halides is 2. The monoisotopic (exact) mass is 175 g/mol. The largest absolute Gasteiger partial charge is 0.334 e. The Morgan fingerprint density at radius 2 is 2.33 bits per heavy atom. The van der Waals surface area contributed by atoms with Crippen LogP contribution in [0.5, 0.6) is 0 Å². The molecule has 0 saturated carbocycles. The van der Waals surface area contributed by atoms with Gasteiger partial charge in [-0.15, -0.1) is 0 Å². The van der Waals surface area contributed by atoms with Crippen molar-refractivity contribution in [3.63, 3.8) is 0 Å². The van der Waals surface area contributed by atoms with E-state index in [-0.39, 0.29) is 5.82 Å². The van der Waals surface area contributed by atoms with Gasteiger partial charge in [-0.05, 0) is 6.92 Å². The number of aryl methyl sites for hydroxylation is 1. The second-order valence-corrected chi connectivity index (χ2v) is 2.43. The number of halogens is 2. The fraction of sp³-hybridized carbons (Fsp3) is 0.571. The van der Waals surface area contributed by atoms with Crippen molar-refractivity contribution in [3.8, 4) is 0 Å². The van der Waals surface area contributed by atoms with E-state index in [9.17, 15) is 8.78 Å². The van der Waals surface area contributed by atoms with Crippen molar-refractivity contribution in [1.82, 2.24) is 9.55 Å². The van der Waals surface area contributed by atoms with E-state index in [4.69, 9.17) is 5.73 Å². The second kappa shape index (κ2) is 3.62. The lowest BCUT2D eigenvalue weighted by Gasteiger charge is -2.11. The predicted octanol–water partition coefficient (Wildman–Crippen LogP) is 1.17. The van der Waals surface area contributed by atoms with Crippen molar-refractivity contribution in [3.05, 3.63) is 18.2 Å². The van der Waals surface area contributed by atoms with Crippen molar-refractivity contribution >= 4 is 0 Å². The summed E-state index contributed by atoms with van der Waals surface area (Å²) in [6.45, 7) is 2.46. The van der Waals surface area contributed by atoms with Crippen molar-refractivity contribution in [1.29, 1.82) is 0 Å². The zero-order valence-corrected chi connectivity index (χ0v) is 6.74. The summed E-state index contributed by atoms with van der Waals surface area (Å²) < 4.78 is 25.9. The van der Waals surface area contributed by atoms with Gasteiger partial charge in [0, 0.05) is 18.9 Å². The Morgan fingerprint density at radius 3 is 2.83 bits per heavy atom. The van der Waals surface area contributed by atoms with Crippen LogP contribution in [0.15, 0.2) is 12.4 Å². The van der Waals surface area contributed by atoms with Crippen LogP contribution in [-0.4, -0.2) is 16.0 Å². The van der Waals surface area contributed by atoms with E-state index in [1.807, 2.05) is 6.92 Å². The van der Waals surface area contributed by atoms with Crippen molar-refractivity contribution in [2.45, 2.75) is 25.9 Å². The SMILES string of the molecule is CCn1ccnc1C(N)C(F)F. The molecule has 12 heavy (non-hydrogen) atoms. The summed E-state index contributed by atoms with van der Waals surface area (Å²) in [6, 6.07) is -1.28.